The standard InChI is InChI=1S/C30H30N4/c1-23-31(27-17-9-11-19-29(27)33(23)25-13-5-3-6-14-25)21-22-32-24(2)34(26-15-7-4-8-16-26)30-20-12-10-18-28(30)32/h3-20,23-24H,21-22H2,1-2H3/t23-,24+. The monoisotopic (exact) mass is 446 g/mol. The van der Waals surface area contributed by atoms with Gasteiger partial charge in [0.1, 0.15) is 12.3 Å². The van der Waals surface area contributed by atoms with Crippen LogP contribution in [-0.2, 0) is 0 Å². The predicted octanol–water partition coefficient (Wildman–Crippen LogP) is 7.00. The number of para-hydroxylation sites is 6. The number of hydrogen-bond acceptors (Lipinski definition) is 4. The molecule has 0 spiro atoms. The Morgan fingerprint density at radius 2 is 0.765 bits per heavy atom. The van der Waals surface area contributed by atoms with Crippen LogP contribution < -0.4 is 19.6 Å². The van der Waals surface area contributed by atoms with Gasteiger partial charge < -0.3 is 19.6 Å². The van der Waals surface area contributed by atoms with Gasteiger partial charge >= 0.3 is 0 Å². The van der Waals surface area contributed by atoms with Crippen molar-refractivity contribution in [3.8, 4) is 0 Å². The van der Waals surface area contributed by atoms with Crippen molar-refractivity contribution in [3.05, 3.63) is 109 Å². The van der Waals surface area contributed by atoms with Crippen LogP contribution in [0.4, 0.5) is 34.1 Å². The van der Waals surface area contributed by atoms with Gasteiger partial charge in [-0.1, -0.05) is 60.7 Å². The third kappa shape index (κ3) is 3.29. The molecule has 0 radical (unpaired) electrons. The van der Waals surface area contributed by atoms with E-state index in [1.54, 1.807) is 0 Å². The molecule has 0 saturated heterocycles. The maximum absolute atomic E-state index is 2.54. The van der Waals surface area contributed by atoms with E-state index in [2.05, 4.69) is 143 Å². The molecule has 4 aromatic carbocycles. The summed E-state index contributed by atoms with van der Waals surface area (Å²) in [6.45, 7) is 6.51. The van der Waals surface area contributed by atoms with E-state index in [-0.39, 0.29) is 12.3 Å². The van der Waals surface area contributed by atoms with Gasteiger partial charge in [-0.05, 0) is 62.4 Å². The van der Waals surface area contributed by atoms with E-state index in [1.165, 1.54) is 34.1 Å². The topological polar surface area (TPSA) is 13.0 Å². The van der Waals surface area contributed by atoms with Crippen LogP contribution in [0.1, 0.15) is 13.8 Å². The molecule has 34 heavy (non-hydrogen) atoms. The molecular weight excluding hydrogens is 416 g/mol. The molecule has 0 aromatic heterocycles. The first-order valence-corrected chi connectivity index (χ1v) is 12.1. The molecule has 6 rings (SSSR count). The van der Waals surface area contributed by atoms with Crippen LogP contribution >= 0.6 is 0 Å². The molecule has 2 atom stereocenters. The predicted molar refractivity (Wildman–Crippen MR) is 144 cm³/mol. The number of anilines is 6. The number of fused-ring (bicyclic) bond motifs is 2. The third-order valence-corrected chi connectivity index (χ3v) is 7.20. The van der Waals surface area contributed by atoms with Gasteiger partial charge in [0.25, 0.3) is 0 Å². The largest absolute Gasteiger partial charge is 0.348 e. The molecule has 2 heterocycles. The zero-order valence-corrected chi connectivity index (χ0v) is 19.8. The van der Waals surface area contributed by atoms with Crippen LogP contribution in [0, 0.1) is 0 Å². The third-order valence-electron chi connectivity index (χ3n) is 7.20. The fraction of sp³-hybridized carbons (Fsp3) is 0.200. The Balaban J connectivity index is 1.29. The van der Waals surface area contributed by atoms with Gasteiger partial charge in [0.2, 0.25) is 0 Å². The number of hydrogen-bond donors (Lipinski definition) is 0. The minimum absolute atomic E-state index is 0.248. The highest BCUT2D eigenvalue weighted by molar-refractivity contribution is 5.85. The van der Waals surface area contributed by atoms with Gasteiger partial charge in [-0.15, -0.1) is 0 Å². The molecule has 170 valence electrons. The molecule has 0 fully saturated rings. The molecule has 0 bridgehead atoms. The summed E-state index contributed by atoms with van der Waals surface area (Å²) in [7, 11) is 0. The Morgan fingerprint density at radius 1 is 0.441 bits per heavy atom. The molecule has 0 amide bonds. The first kappa shape index (κ1) is 20.7. The van der Waals surface area contributed by atoms with Gasteiger partial charge in [0.15, 0.2) is 0 Å². The second kappa shape index (κ2) is 8.45. The lowest BCUT2D eigenvalue weighted by molar-refractivity contribution is 0.624. The van der Waals surface area contributed by atoms with Crippen molar-refractivity contribution in [2.45, 2.75) is 26.2 Å². The van der Waals surface area contributed by atoms with E-state index in [0.29, 0.717) is 0 Å². The van der Waals surface area contributed by atoms with Crippen molar-refractivity contribution in [2.75, 3.05) is 32.7 Å². The van der Waals surface area contributed by atoms with Gasteiger partial charge in [0.05, 0.1) is 22.7 Å². The molecule has 4 nitrogen and oxygen atoms in total. The van der Waals surface area contributed by atoms with E-state index in [4.69, 9.17) is 0 Å². The summed E-state index contributed by atoms with van der Waals surface area (Å²) in [4.78, 5) is 9.99. The SMILES string of the molecule is C[C@@H]1N(CCN2c3ccccc3N(c3ccccc3)[C@H]2C)c2ccccc2N1c1ccccc1. The van der Waals surface area contributed by atoms with E-state index in [1.807, 2.05) is 0 Å². The summed E-state index contributed by atoms with van der Waals surface area (Å²) in [5.41, 5.74) is 7.64. The summed E-state index contributed by atoms with van der Waals surface area (Å²) in [5, 5.41) is 0. The van der Waals surface area contributed by atoms with E-state index in [0.717, 1.165) is 13.1 Å². The Bertz CT molecular complexity index is 1170. The first-order chi connectivity index (χ1) is 16.7. The van der Waals surface area contributed by atoms with Crippen LogP contribution in [0.3, 0.4) is 0 Å². The molecule has 4 heteroatoms. The number of rotatable bonds is 5. The molecular formula is C30H30N4. The lowest BCUT2D eigenvalue weighted by Gasteiger charge is -2.34. The van der Waals surface area contributed by atoms with Crippen molar-refractivity contribution in [1.82, 2.24) is 0 Å². The van der Waals surface area contributed by atoms with Crippen LogP contribution in [0.25, 0.3) is 0 Å². The molecule has 0 unspecified atom stereocenters. The highest BCUT2D eigenvalue weighted by Crippen LogP contribution is 2.46. The van der Waals surface area contributed by atoms with Crippen molar-refractivity contribution in [2.24, 2.45) is 0 Å². The highest BCUT2D eigenvalue weighted by atomic mass is 15.4. The van der Waals surface area contributed by atoms with E-state index in [9.17, 15) is 0 Å². The van der Waals surface area contributed by atoms with Gasteiger partial charge in [-0.3, -0.25) is 0 Å². The second-order valence-corrected chi connectivity index (χ2v) is 9.04. The summed E-state index contributed by atoms with van der Waals surface area (Å²) < 4.78 is 0. The Kier molecular flexibility index (Phi) is 5.14. The summed E-state index contributed by atoms with van der Waals surface area (Å²) in [6.07, 6.45) is 0.497. The second-order valence-electron chi connectivity index (χ2n) is 9.04. The average molecular weight is 447 g/mol. The van der Waals surface area contributed by atoms with Crippen molar-refractivity contribution < 1.29 is 0 Å². The van der Waals surface area contributed by atoms with E-state index >= 15 is 0 Å². The first-order valence-electron chi connectivity index (χ1n) is 12.1. The molecule has 0 saturated carbocycles. The minimum Gasteiger partial charge on any atom is -0.348 e. The quantitative estimate of drug-likeness (QED) is 0.327. The Labute approximate surface area is 202 Å². The summed E-state index contributed by atoms with van der Waals surface area (Å²) in [6, 6.07) is 39.0. The van der Waals surface area contributed by atoms with Crippen LogP contribution in [0.5, 0.6) is 0 Å². The Hall–Kier alpha value is -3.92. The van der Waals surface area contributed by atoms with Crippen molar-refractivity contribution in [1.29, 1.82) is 0 Å². The zero-order valence-electron chi connectivity index (χ0n) is 19.8. The van der Waals surface area contributed by atoms with Crippen LogP contribution in [0.2, 0.25) is 0 Å². The lowest BCUT2D eigenvalue weighted by Crippen LogP contribution is -2.46. The van der Waals surface area contributed by atoms with Crippen LogP contribution in [-0.4, -0.2) is 25.4 Å². The molecule has 0 N–H and O–H groups in total. The van der Waals surface area contributed by atoms with Gasteiger partial charge in [-0.2, -0.15) is 0 Å². The number of nitrogens with zero attached hydrogens (tertiary/aromatic N) is 4. The molecule has 2 aliphatic heterocycles. The summed E-state index contributed by atoms with van der Waals surface area (Å²) >= 11 is 0. The lowest BCUT2D eigenvalue weighted by atomic mass is 10.2. The fourth-order valence-corrected chi connectivity index (χ4v) is 5.62. The summed E-state index contributed by atoms with van der Waals surface area (Å²) in [5.74, 6) is 0. The zero-order chi connectivity index (χ0) is 23.1. The van der Waals surface area contributed by atoms with Crippen molar-refractivity contribution >= 4 is 34.1 Å². The number of benzene rings is 4. The normalized spacial score (nSPS) is 18.9. The van der Waals surface area contributed by atoms with Crippen molar-refractivity contribution in [3.63, 3.8) is 0 Å². The Morgan fingerprint density at radius 3 is 1.15 bits per heavy atom. The molecule has 2 aliphatic rings. The minimum atomic E-state index is 0.248. The molecule has 0 aliphatic carbocycles. The maximum atomic E-state index is 2.54. The van der Waals surface area contributed by atoms with Crippen LogP contribution in [0.15, 0.2) is 109 Å². The van der Waals surface area contributed by atoms with Gasteiger partial charge in [0, 0.05) is 24.5 Å². The average Bonchev–Trinajstić information content (AvgIpc) is 3.33. The van der Waals surface area contributed by atoms with E-state index < -0.39 is 0 Å². The highest BCUT2D eigenvalue weighted by Gasteiger charge is 2.36. The smallest absolute Gasteiger partial charge is 0.104 e. The molecule has 4 aromatic rings. The maximum Gasteiger partial charge on any atom is 0.104 e. The van der Waals surface area contributed by atoms with Gasteiger partial charge in [-0.25, -0.2) is 0 Å². The fourth-order valence-electron chi connectivity index (χ4n) is 5.62.